The van der Waals surface area contributed by atoms with Crippen LogP contribution >= 0.6 is 0 Å². The highest BCUT2D eigenvalue weighted by atomic mass is 19.4. The van der Waals surface area contributed by atoms with E-state index >= 15 is 0 Å². The molecule has 138 valence electrons. The smallest absolute Gasteiger partial charge is 0.416 e. The topological polar surface area (TPSA) is 76.4 Å². The quantitative estimate of drug-likeness (QED) is 0.848. The van der Waals surface area contributed by atoms with Crippen LogP contribution < -0.4 is 10.9 Å². The first-order chi connectivity index (χ1) is 12.3. The van der Waals surface area contributed by atoms with Crippen molar-refractivity contribution in [2.24, 2.45) is 0 Å². The van der Waals surface area contributed by atoms with E-state index in [4.69, 9.17) is 4.74 Å². The van der Waals surface area contributed by atoms with E-state index in [1.807, 2.05) is 0 Å². The van der Waals surface area contributed by atoms with E-state index < -0.39 is 23.0 Å². The van der Waals surface area contributed by atoms with Gasteiger partial charge in [-0.15, -0.1) is 0 Å². The number of nitrogens with one attached hydrogen (secondary N) is 1. The molecular weight excluding hydrogens is 351 g/mol. The largest absolute Gasteiger partial charge is 0.507 e. The third-order valence-corrected chi connectivity index (χ3v) is 4.95. The molecule has 0 bridgehead atoms. The van der Waals surface area contributed by atoms with Gasteiger partial charge in [-0.3, -0.25) is 9.36 Å². The predicted octanol–water partition coefficient (Wildman–Crippen LogP) is 1.94. The molecule has 4 rings (SSSR count). The van der Waals surface area contributed by atoms with Crippen molar-refractivity contribution < 1.29 is 23.0 Å². The van der Waals surface area contributed by atoms with Crippen LogP contribution in [0.4, 0.5) is 13.2 Å². The standard InChI is InChI=1S/C17H16F3N3O3/c18-17(19,20)10-1-2-12(14(24)3-10)13-5-21-9-23(15(13)25)11-4-16(26-6-11)7-22-8-16/h1-3,5,9,11,22,24H,4,6-8H2. The third-order valence-electron chi connectivity index (χ3n) is 4.95. The lowest BCUT2D eigenvalue weighted by Gasteiger charge is -2.38. The summed E-state index contributed by atoms with van der Waals surface area (Å²) in [4.78, 5) is 16.9. The Hall–Kier alpha value is -2.39. The summed E-state index contributed by atoms with van der Waals surface area (Å²) in [6.07, 6.45) is -1.27. The van der Waals surface area contributed by atoms with E-state index in [0.29, 0.717) is 19.1 Å². The first-order valence-corrected chi connectivity index (χ1v) is 8.10. The molecule has 26 heavy (non-hydrogen) atoms. The van der Waals surface area contributed by atoms with Gasteiger partial charge in [-0.25, -0.2) is 4.98 Å². The number of aromatic hydroxyl groups is 1. The average molecular weight is 367 g/mol. The molecule has 1 aromatic carbocycles. The van der Waals surface area contributed by atoms with E-state index in [-0.39, 0.29) is 22.8 Å². The molecule has 1 atom stereocenters. The van der Waals surface area contributed by atoms with Crippen LogP contribution in [0.2, 0.25) is 0 Å². The minimum absolute atomic E-state index is 0.0174. The van der Waals surface area contributed by atoms with Gasteiger partial charge in [-0.05, 0) is 18.2 Å². The number of nitrogens with zero attached hydrogens (tertiary/aromatic N) is 2. The second-order valence-electron chi connectivity index (χ2n) is 6.70. The number of ether oxygens (including phenoxy) is 1. The third kappa shape index (κ3) is 2.77. The minimum atomic E-state index is -4.57. The molecule has 2 aliphatic rings. The molecule has 3 heterocycles. The maximum Gasteiger partial charge on any atom is 0.416 e. The predicted molar refractivity (Wildman–Crippen MR) is 85.8 cm³/mol. The summed E-state index contributed by atoms with van der Waals surface area (Å²) in [6, 6.07) is 2.33. The number of rotatable bonds is 2. The molecule has 2 aromatic rings. The van der Waals surface area contributed by atoms with Gasteiger partial charge in [0.2, 0.25) is 0 Å². The highest BCUT2D eigenvalue weighted by molar-refractivity contribution is 5.69. The van der Waals surface area contributed by atoms with Crippen LogP contribution in [-0.2, 0) is 10.9 Å². The summed E-state index contributed by atoms with van der Waals surface area (Å²) in [5.41, 5.74) is -1.59. The number of hydrogen-bond donors (Lipinski definition) is 2. The number of benzene rings is 1. The van der Waals surface area contributed by atoms with Gasteiger partial charge >= 0.3 is 6.18 Å². The number of aromatic nitrogens is 2. The maximum absolute atomic E-state index is 12.8. The van der Waals surface area contributed by atoms with E-state index in [2.05, 4.69) is 10.3 Å². The van der Waals surface area contributed by atoms with Gasteiger partial charge in [0.25, 0.3) is 5.56 Å². The average Bonchev–Trinajstić information content (AvgIpc) is 3.00. The fourth-order valence-corrected chi connectivity index (χ4v) is 3.46. The Bertz CT molecular complexity index is 906. The molecule has 9 heteroatoms. The van der Waals surface area contributed by atoms with Crippen LogP contribution in [0, 0.1) is 0 Å². The van der Waals surface area contributed by atoms with Gasteiger partial charge in [-0.1, -0.05) is 0 Å². The van der Waals surface area contributed by atoms with Crippen molar-refractivity contribution >= 4 is 0 Å². The first kappa shape index (κ1) is 17.0. The fourth-order valence-electron chi connectivity index (χ4n) is 3.46. The Kier molecular flexibility index (Phi) is 3.81. The van der Waals surface area contributed by atoms with Crippen molar-refractivity contribution in [3.05, 3.63) is 46.6 Å². The van der Waals surface area contributed by atoms with Crippen LogP contribution in [0.1, 0.15) is 18.0 Å². The van der Waals surface area contributed by atoms with Gasteiger partial charge in [-0.2, -0.15) is 13.2 Å². The maximum atomic E-state index is 12.8. The summed E-state index contributed by atoms with van der Waals surface area (Å²) < 4.78 is 45.5. The molecule has 1 aromatic heterocycles. The number of alkyl halides is 3. The molecule has 0 saturated carbocycles. The van der Waals surface area contributed by atoms with Crippen LogP contribution in [0.3, 0.4) is 0 Å². The lowest BCUT2D eigenvalue weighted by molar-refractivity contribution is -0.137. The zero-order valence-corrected chi connectivity index (χ0v) is 13.6. The normalized spacial score (nSPS) is 21.7. The van der Waals surface area contributed by atoms with Gasteiger partial charge < -0.3 is 15.2 Å². The Morgan fingerprint density at radius 1 is 1.31 bits per heavy atom. The van der Waals surface area contributed by atoms with Crippen molar-refractivity contribution in [3.63, 3.8) is 0 Å². The van der Waals surface area contributed by atoms with Crippen molar-refractivity contribution in [1.29, 1.82) is 0 Å². The van der Waals surface area contributed by atoms with Crippen LogP contribution in [0.5, 0.6) is 5.75 Å². The molecule has 2 fully saturated rings. The van der Waals surface area contributed by atoms with Crippen LogP contribution in [0.15, 0.2) is 35.5 Å². The molecule has 2 saturated heterocycles. The lowest BCUT2D eigenvalue weighted by atomic mass is 9.92. The van der Waals surface area contributed by atoms with Gasteiger partial charge in [0.1, 0.15) is 5.75 Å². The Balaban J connectivity index is 1.69. The molecule has 1 spiro atoms. The van der Waals surface area contributed by atoms with Crippen LogP contribution in [0.25, 0.3) is 11.1 Å². The zero-order valence-electron chi connectivity index (χ0n) is 13.6. The fraction of sp³-hybridized carbons (Fsp3) is 0.412. The minimum Gasteiger partial charge on any atom is -0.507 e. The second-order valence-corrected chi connectivity index (χ2v) is 6.70. The molecule has 0 radical (unpaired) electrons. The van der Waals surface area contributed by atoms with Gasteiger partial charge in [0, 0.05) is 31.3 Å². The lowest BCUT2D eigenvalue weighted by Crippen LogP contribution is -2.59. The molecule has 0 aliphatic carbocycles. The molecule has 2 N–H and O–H groups in total. The van der Waals surface area contributed by atoms with Crippen LogP contribution in [-0.4, -0.2) is 40.0 Å². The SMILES string of the molecule is O=c1c(-c2ccc(C(F)(F)F)cc2O)cncn1C1COC2(CNC2)C1. The van der Waals surface area contributed by atoms with Crippen molar-refractivity contribution in [2.45, 2.75) is 24.2 Å². The summed E-state index contributed by atoms with van der Waals surface area (Å²) >= 11 is 0. The van der Waals surface area contributed by atoms with Crippen molar-refractivity contribution in [3.8, 4) is 16.9 Å². The molecule has 6 nitrogen and oxygen atoms in total. The summed E-state index contributed by atoms with van der Waals surface area (Å²) in [7, 11) is 0. The summed E-state index contributed by atoms with van der Waals surface area (Å²) in [6.45, 7) is 1.82. The number of phenolic OH excluding ortho intramolecular Hbond substituents is 1. The molecule has 0 amide bonds. The Labute approximate surface area is 146 Å². The number of phenols is 1. The second kappa shape index (κ2) is 5.82. The highest BCUT2D eigenvalue weighted by Gasteiger charge is 2.46. The van der Waals surface area contributed by atoms with Crippen molar-refractivity contribution in [2.75, 3.05) is 19.7 Å². The van der Waals surface area contributed by atoms with E-state index in [9.17, 15) is 23.1 Å². The molecule has 2 aliphatic heterocycles. The Morgan fingerprint density at radius 3 is 2.65 bits per heavy atom. The summed E-state index contributed by atoms with van der Waals surface area (Å²) in [5, 5.41) is 13.1. The van der Waals surface area contributed by atoms with Gasteiger partial charge in [0.15, 0.2) is 0 Å². The molecular formula is C17H16F3N3O3. The highest BCUT2D eigenvalue weighted by Crippen LogP contribution is 2.37. The number of halogens is 3. The van der Waals surface area contributed by atoms with Crippen molar-refractivity contribution in [1.82, 2.24) is 14.9 Å². The summed E-state index contributed by atoms with van der Waals surface area (Å²) in [5.74, 6) is -0.612. The zero-order chi connectivity index (χ0) is 18.5. The molecule has 1 unspecified atom stereocenters. The number of hydrogen-bond acceptors (Lipinski definition) is 5. The van der Waals surface area contributed by atoms with E-state index in [0.717, 1.165) is 25.2 Å². The van der Waals surface area contributed by atoms with E-state index in [1.54, 1.807) is 0 Å². The first-order valence-electron chi connectivity index (χ1n) is 8.10. The Morgan fingerprint density at radius 2 is 2.08 bits per heavy atom. The van der Waals surface area contributed by atoms with Gasteiger partial charge in [0.05, 0.1) is 35.7 Å². The monoisotopic (exact) mass is 367 g/mol. The van der Waals surface area contributed by atoms with E-state index in [1.165, 1.54) is 17.1 Å².